The SMILES string of the molecule is Cc1ccc(Nc2ccc([N+](=O)[O-])cc2)c(C(=O)NC(C)(C)C)c1. The Morgan fingerprint density at radius 3 is 2.25 bits per heavy atom. The third-order valence-electron chi connectivity index (χ3n) is 3.27. The van der Waals surface area contributed by atoms with E-state index in [0.717, 1.165) is 5.56 Å². The number of nitro benzene ring substituents is 1. The van der Waals surface area contributed by atoms with Crippen molar-refractivity contribution in [3.05, 3.63) is 63.7 Å². The van der Waals surface area contributed by atoms with Crippen LogP contribution in [0.5, 0.6) is 0 Å². The summed E-state index contributed by atoms with van der Waals surface area (Å²) >= 11 is 0. The summed E-state index contributed by atoms with van der Waals surface area (Å²) in [6.07, 6.45) is 0. The van der Waals surface area contributed by atoms with Crippen LogP contribution in [0.3, 0.4) is 0 Å². The molecule has 0 aromatic heterocycles. The van der Waals surface area contributed by atoms with E-state index in [-0.39, 0.29) is 17.1 Å². The first-order valence-corrected chi connectivity index (χ1v) is 7.60. The van der Waals surface area contributed by atoms with Gasteiger partial charge in [0.05, 0.1) is 16.2 Å². The van der Waals surface area contributed by atoms with E-state index in [1.807, 2.05) is 45.9 Å². The Labute approximate surface area is 141 Å². The second kappa shape index (κ2) is 6.70. The van der Waals surface area contributed by atoms with Crippen molar-refractivity contribution in [1.29, 1.82) is 0 Å². The molecule has 24 heavy (non-hydrogen) atoms. The van der Waals surface area contributed by atoms with E-state index >= 15 is 0 Å². The maximum atomic E-state index is 12.5. The van der Waals surface area contributed by atoms with E-state index in [2.05, 4.69) is 10.6 Å². The number of non-ortho nitro benzene ring substituents is 1. The maximum Gasteiger partial charge on any atom is 0.269 e. The number of rotatable bonds is 4. The zero-order valence-corrected chi connectivity index (χ0v) is 14.2. The summed E-state index contributed by atoms with van der Waals surface area (Å²) in [4.78, 5) is 22.8. The van der Waals surface area contributed by atoms with Crippen LogP contribution in [0.4, 0.5) is 17.1 Å². The van der Waals surface area contributed by atoms with Crippen molar-refractivity contribution in [2.75, 3.05) is 5.32 Å². The lowest BCUT2D eigenvalue weighted by molar-refractivity contribution is -0.384. The molecule has 2 aromatic carbocycles. The molecule has 0 saturated heterocycles. The van der Waals surface area contributed by atoms with Gasteiger partial charge in [-0.15, -0.1) is 0 Å². The number of nitrogens with one attached hydrogen (secondary N) is 2. The van der Waals surface area contributed by atoms with E-state index in [4.69, 9.17) is 0 Å². The summed E-state index contributed by atoms with van der Waals surface area (Å²) in [5, 5.41) is 16.8. The first-order valence-electron chi connectivity index (χ1n) is 7.60. The second-order valence-electron chi connectivity index (χ2n) is 6.68. The standard InChI is InChI=1S/C18H21N3O3/c1-12-5-10-16(15(11-12)17(22)20-18(2,3)4)19-13-6-8-14(9-7-13)21(23)24/h5-11,19H,1-4H3,(H,20,22). The maximum absolute atomic E-state index is 12.5. The van der Waals surface area contributed by atoms with Crippen LogP contribution in [0.1, 0.15) is 36.7 Å². The average Bonchev–Trinajstić information content (AvgIpc) is 2.48. The molecule has 2 rings (SSSR count). The predicted octanol–water partition coefficient (Wildman–Crippen LogP) is 4.18. The van der Waals surface area contributed by atoms with Crippen molar-refractivity contribution < 1.29 is 9.72 Å². The summed E-state index contributed by atoms with van der Waals surface area (Å²) < 4.78 is 0. The number of carbonyl (C=O) groups is 1. The molecule has 0 aliphatic heterocycles. The fourth-order valence-electron chi connectivity index (χ4n) is 2.18. The highest BCUT2D eigenvalue weighted by Gasteiger charge is 2.18. The minimum absolute atomic E-state index is 0.0233. The number of nitro groups is 1. The van der Waals surface area contributed by atoms with Gasteiger partial charge in [-0.3, -0.25) is 14.9 Å². The Morgan fingerprint density at radius 1 is 1.08 bits per heavy atom. The highest BCUT2D eigenvalue weighted by atomic mass is 16.6. The monoisotopic (exact) mass is 327 g/mol. The molecule has 0 unspecified atom stereocenters. The van der Waals surface area contributed by atoms with Crippen LogP contribution in [-0.2, 0) is 0 Å². The fourth-order valence-corrected chi connectivity index (χ4v) is 2.18. The Bertz CT molecular complexity index is 762. The summed E-state index contributed by atoms with van der Waals surface area (Å²) in [7, 11) is 0. The quantitative estimate of drug-likeness (QED) is 0.652. The van der Waals surface area contributed by atoms with Crippen LogP contribution in [0.2, 0.25) is 0 Å². The van der Waals surface area contributed by atoms with Gasteiger partial charge in [0.25, 0.3) is 11.6 Å². The lowest BCUT2D eigenvalue weighted by Crippen LogP contribution is -2.40. The van der Waals surface area contributed by atoms with Gasteiger partial charge in [-0.2, -0.15) is 0 Å². The number of hydrogen-bond donors (Lipinski definition) is 2. The Balaban J connectivity index is 2.30. The predicted molar refractivity (Wildman–Crippen MR) is 94.8 cm³/mol. The van der Waals surface area contributed by atoms with Crippen LogP contribution in [-0.4, -0.2) is 16.4 Å². The molecule has 0 bridgehead atoms. The average molecular weight is 327 g/mol. The summed E-state index contributed by atoms with van der Waals surface area (Å²) in [5.41, 5.74) is 2.51. The van der Waals surface area contributed by atoms with Gasteiger partial charge in [0.15, 0.2) is 0 Å². The zero-order valence-electron chi connectivity index (χ0n) is 14.2. The molecule has 0 heterocycles. The van der Waals surface area contributed by atoms with Gasteiger partial charge >= 0.3 is 0 Å². The van der Waals surface area contributed by atoms with Crippen molar-refractivity contribution in [3.8, 4) is 0 Å². The molecule has 126 valence electrons. The molecule has 0 aliphatic rings. The van der Waals surface area contributed by atoms with Crippen molar-refractivity contribution >= 4 is 23.0 Å². The first-order chi connectivity index (χ1) is 11.2. The van der Waals surface area contributed by atoms with Gasteiger partial charge in [0.2, 0.25) is 0 Å². The van der Waals surface area contributed by atoms with E-state index in [0.29, 0.717) is 16.9 Å². The zero-order chi connectivity index (χ0) is 17.9. The third-order valence-corrected chi connectivity index (χ3v) is 3.27. The molecule has 1 amide bonds. The lowest BCUT2D eigenvalue weighted by Gasteiger charge is -2.22. The Hall–Kier alpha value is -2.89. The van der Waals surface area contributed by atoms with Gasteiger partial charge in [0.1, 0.15) is 0 Å². The molecule has 0 spiro atoms. The van der Waals surface area contributed by atoms with E-state index in [1.54, 1.807) is 12.1 Å². The first kappa shape index (κ1) is 17.5. The van der Waals surface area contributed by atoms with Gasteiger partial charge in [0, 0.05) is 23.4 Å². The molecule has 0 fully saturated rings. The fraction of sp³-hybridized carbons (Fsp3) is 0.278. The largest absolute Gasteiger partial charge is 0.355 e. The van der Waals surface area contributed by atoms with Crippen molar-refractivity contribution in [1.82, 2.24) is 5.32 Å². The Morgan fingerprint density at radius 2 is 1.71 bits per heavy atom. The van der Waals surface area contributed by atoms with Crippen LogP contribution >= 0.6 is 0 Å². The molecule has 2 aromatic rings. The lowest BCUT2D eigenvalue weighted by atomic mass is 10.0. The Kier molecular flexibility index (Phi) is 4.87. The molecular formula is C18H21N3O3. The van der Waals surface area contributed by atoms with E-state index < -0.39 is 4.92 Å². The van der Waals surface area contributed by atoms with Crippen LogP contribution in [0, 0.1) is 17.0 Å². The number of carbonyl (C=O) groups excluding carboxylic acids is 1. The smallest absolute Gasteiger partial charge is 0.269 e. The molecular weight excluding hydrogens is 306 g/mol. The summed E-state index contributed by atoms with van der Waals surface area (Å²) in [6.45, 7) is 7.68. The van der Waals surface area contributed by atoms with E-state index in [1.165, 1.54) is 12.1 Å². The molecule has 0 atom stereocenters. The van der Waals surface area contributed by atoms with Crippen molar-refractivity contribution in [2.24, 2.45) is 0 Å². The number of aryl methyl sites for hydroxylation is 1. The van der Waals surface area contributed by atoms with Gasteiger partial charge in [-0.25, -0.2) is 0 Å². The summed E-state index contributed by atoms with van der Waals surface area (Å²) in [5.74, 6) is -0.171. The minimum atomic E-state index is -0.447. The van der Waals surface area contributed by atoms with Crippen molar-refractivity contribution in [2.45, 2.75) is 33.2 Å². The molecule has 6 nitrogen and oxygen atoms in total. The summed E-state index contributed by atoms with van der Waals surface area (Å²) in [6, 6.07) is 11.6. The van der Waals surface area contributed by atoms with Gasteiger partial charge in [-0.1, -0.05) is 11.6 Å². The number of benzene rings is 2. The van der Waals surface area contributed by atoms with E-state index in [9.17, 15) is 14.9 Å². The highest BCUT2D eigenvalue weighted by Crippen LogP contribution is 2.24. The topological polar surface area (TPSA) is 84.3 Å². The number of anilines is 2. The second-order valence-corrected chi connectivity index (χ2v) is 6.68. The molecule has 2 N–H and O–H groups in total. The molecule has 6 heteroatoms. The number of nitrogens with zero attached hydrogens (tertiary/aromatic N) is 1. The molecule has 0 radical (unpaired) electrons. The van der Waals surface area contributed by atoms with Crippen LogP contribution < -0.4 is 10.6 Å². The minimum Gasteiger partial charge on any atom is -0.355 e. The number of hydrogen-bond acceptors (Lipinski definition) is 4. The normalized spacial score (nSPS) is 11.0. The third kappa shape index (κ3) is 4.55. The molecule has 0 aliphatic carbocycles. The number of amides is 1. The van der Waals surface area contributed by atoms with Crippen LogP contribution in [0.25, 0.3) is 0 Å². The molecule has 0 saturated carbocycles. The van der Waals surface area contributed by atoms with Gasteiger partial charge in [-0.05, 0) is 52.0 Å². The highest BCUT2D eigenvalue weighted by molar-refractivity contribution is 6.00. The van der Waals surface area contributed by atoms with Gasteiger partial charge < -0.3 is 10.6 Å². The van der Waals surface area contributed by atoms with Crippen LogP contribution in [0.15, 0.2) is 42.5 Å². The van der Waals surface area contributed by atoms with Crippen molar-refractivity contribution in [3.63, 3.8) is 0 Å².